The zero-order valence-corrected chi connectivity index (χ0v) is 23.4. The number of sulfonamides is 1. The molecule has 0 unspecified atom stereocenters. The van der Waals surface area contributed by atoms with Crippen molar-refractivity contribution in [3.8, 4) is 0 Å². The van der Waals surface area contributed by atoms with Crippen LogP contribution in [-0.4, -0.2) is 51.4 Å². The molecule has 0 aliphatic carbocycles. The van der Waals surface area contributed by atoms with E-state index in [1.165, 1.54) is 0 Å². The van der Waals surface area contributed by atoms with Crippen LogP contribution in [0.3, 0.4) is 0 Å². The molecule has 0 aromatic heterocycles. The number of anilines is 1. The second kappa shape index (κ2) is 10.8. The summed E-state index contributed by atoms with van der Waals surface area (Å²) in [5, 5.41) is 3.19. The Morgan fingerprint density at radius 3 is 1.89 bits per heavy atom. The Hall–Kier alpha value is -2.22. The second-order valence-electron chi connectivity index (χ2n) is 10.6. The number of carbonyl (C=O) groups excluding carboxylic acids is 1. The van der Waals surface area contributed by atoms with Gasteiger partial charge < -0.3 is 10.2 Å². The molecule has 2 N–H and O–H groups in total. The molecule has 1 aliphatic heterocycles. The normalized spacial score (nSPS) is 15.7. The summed E-state index contributed by atoms with van der Waals surface area (Å²) in [7, 11) is -3.58. The van der Waals surface area contributed by atoms with Crippen molar-refractivity contribution < 1.29 is 18.1 Å². The highest BCUT2D eigenvalue weighted by atomic mass is 32.2. The van der Waals surface area contributed by atoms with E-state index in [-0.39, 0.29) is 5.91 Å². The molecule has 1 aliphatic rings. The van der Waals surface area contributed by atoms with Crippen molar-refractivity contribution in [3.05, 3.63) is 57.6 Å². The molecule has 3 rings (SSSR count). The van der Waals surface area contributed by atoms with Gasteiger partial charge in [0.25, 0.3) is 5.91 Å². The highest BCUT2D eigenvalue weighted by molar-refractivity contribution is 7.89. The van der Waals surface area contributed by atoms with Crippen LogP contribution in [0, 0.1) is 27.7 Å². The van der Waals surface area contributed by atoms with Crippen molar-refractivity contribution in [2.24, 2.45) is 0 Å². The summed E-state index contributed by atoms with van der Waals surface area (Å²) in [5.74, 6) is 0.594. The number of nitrogens with one attached hydrogen (secondary N) is 2. The zero-order valence-electron chi connectivity index (χ0n) is 22.6. The summed E-state index contributed by atoms with van der Waals surface area (Å²) >= 11 is 0. The summed E-state index contributed by atoms with van der Waals surface area (Å²) in [4.78, 5) is 14.6. The van der Waals surface area contributed by atoms with E-state index < -0.39 is 10.0 Å². The molecular formula is C28H42N3O3S+. The Kier molecular flexibility index (Phi) is 8.45. The van der Waals surface area contributed by atoms with E-state index >= 15 is 0 Å². The van der Waals surface area contributed by atoms with Gasteiger partial charge in [0.15, 0.2) is 6.54 Å². The number of piperazine rings is 1. The monoisotopic (exact) mass is 500 g/mol. The van der Waals surface area contributed by atoms with Crippen LogP contribution in [0.2, 0.25) is 0 Å². The van der Waals surface area contributed by atoms with Crippen molar-refractivity contribution in [2.45, 2.75) is 72.1 Å². The predicted molar refractivity (Wildman–Crippen MR) is 143 cm³/mol. The SMILES string of the molecule is Cc1cc(C)c(C)c(S(=O)(=O)N2CC[NH+](CC(=O)Nc3c(C(C)C)cccc3C(C)C)CC2)c1C. The van der Waals surface area contributed by atoms with Crippen LogP contribution in [0.25, 0.3) is 0 Å². The first kappa shape index (κ1) is 27.4. The van der Waals surface area contributed by atoms with Crippen molar-refractivity contribution in [1.82, 2.24) is 4.31 Å². The van der Waals surface area contributed by atoms with Crippen LogP contribution in [0.1, 0.15) is 72.9 Å². The van der Waals surface area contributed by atoms with Crippen LogP contribution in [0.5, 0.6) is 0 Å². The molecule has 7 heteroatoms. The molecule has 2 aromatic carbocycles. The standard InChI is InChI=1S/C28H41N3O3S/c1-18(2)24-10-9-11-25(19(3)4)27(24)29-26(32)17-30-12-14-31(15-13-30)35(33,34)28-22(7)20(5)16-21(6)23(28)8/h9-11,16,18-19H,12-15,17H2,1-8H3,(H,29,32)/p+1. The summed E-state index contributed by atoms with van der Waals surface area (Å²) < 4.78 is 28.7. The van der Waals surface area contributed by atoms with E-state index in [4.69, 9.17) is 0 Å². The van der Waals surface area contributed by atoms with E-state index in [1.807, 2.05) is 33.8 Å². The summed E-state index contributed by atoms with van der Waals surface area (Å²) in [6, 6.07) is 8.27. The van der Waals surface area contributed by atoms with Crippen molar-refractivity contribution in [2.75, 3.05) is 38.0 Å². The van der Waals surface area contributed by atoms with Gasteiger partial charge in [-0.25, -0.2) is 8.42 Å². The van der Waals surface area contributed by atoms with E-state index in [1.54, 1.807) is 4.31 Å². The van der Waals surface area contributed by atoms with E-state index in [0.717, 1.165) is 44.0 Å². The Morgan fingerprint density at radius 1 is 0.943 bits per heavy atom. The van der Waals surface area contributed by atoms with Gasteiger partial charge in [0.2, 0.25) is 10.0 Å². The van der Waals surface area contributed by atoms with Crippen LogP contribution >= 0.6 is 0 Å². The fourth-order valence-corrected chi connectivity index (χ4v) is 7.04. The number of para-hydroxylation sites is 1. The van der Waals surface area contributed by atoms with Crippen LogP contribution in [0.15, 0.2) is 29.2 Å². The molecule has 35 heavy (non-hydrogen) atoms. The van der Waals surface area contributed by atoms with Crippen LogP contribution in [-0.2, 0) is 14.8 Å². The lowest BCUT2D eigenvalue weighted by molar-refractivity contribution is -0.895. The summed E-state index contributed by atoms with van der Waals surface area (Å²) in [5.41, 5.74) is 6.87. The third kappa shape index (κ3) is 5.79. The fraction of sp³-hybridized carbons (Fsp3) is 0.536. The molecule has 0 atom stereocenters. The van der Waals surface area contributed by atoms with E-state index in [2.05, 4.69) is 51.2 Å². The largest absolute Gasteiger partial charge is 0.325 e. The lowest BCUT2D eigenvalue weighted by atomic mass is 9.92. The smallest absolute Gasteiger partial charge is 0.279 e. The highest BCUT2D eigenvalue weighted by Gasteiger charge is 2.34. The number of hydrogen-bond acceptors (Lipinski definition) is 3. The van der Waals surface area contributed by atoms with Gasteiger partial charge in [-0.15, -0.1) is 0 Å². The topological polar surface area (TPSA) is 70.9 Å². The molecule has 192 valence electrons. The number of amides is 1. The molecule has 0 spiro atoms. The van der Waals surface area contributed by atoms with Gasteiger partial charge in [-0.2, -0.15) is 4.31 Å². The van der Waals surface area contributed by atoms with E-state index in [0.29, 0.717) is 49.5 Å². The van der Waals surface area contributed by atoms with Gasteiger partial charge in [0, 0.05) is 5.69 Å². The molecule has 1 saturated heterocycles. The molecule has 1 fully saturated rings. The van der Waals surface area contributed by atoms with Gasteiger partial charge in [-0.1, -0.05) is 52.0 Å². The minimum Gasteiger partial charge on any atom is -0.325 e. The van der Waals surface area contributed by atoms with Gasteiger partial charge in [-0.05, 0) is 72.9 Å². The maximum Gasteiger partial charge on any atom is 0.279 e. The molecular weight excluding hydrogens is 458 g/mol. The number of quaternary nitrogens is 1. The van der Waals surface area contributed by atoms with Crippen molar-refractivity contribution >= 4 is 21.6 Å². The number of benzene rings is 2. The number of aryl methyl sites for hydroxylation is 2. The molecule has 0 bridgehead atoms. The van der Waals surface area contributed by atoms with Gasteiger partial charge in [0.1, 0.15) is 0 Å². The molecule has 6 nitrogen and oxygen atoms in total. The zero-order chi connectivity index (χ0) is 26.1. The maximum absolute atomic E-state index is 13.5. The Morgan fingerprint density at radius 2 is 1.43 bits per heavy atom. The summed E-state index contributed by atoms with van der Waals surface area (Å²) in [6.07, 6.45) is 0. The quantitative estimate of drug-likeness (QED) is 0.609. The Labute approximate surface area is 211 Å². The number of carbonyl (C=O) groups is 1. The van der Waals surface area contributed by atoms with Crippen LogP contribution in [0.4, 0.5) is 5.69 Å². The second-order valence-corrected chi connectivity index (χ2v) is 12.5. The fourth-order valence-electron chi connectivity index (χ4n) is 5.02. The molecule has 2 aromatic rings. The van der Waals surface area contributed by atoms with Gasteiger partial charge in [0.05, 0.1) is 31.1 Å². The third-order valence-electron chi connectivity index (χ3n) is 7.37. The lowest BCUT2D eigenvalue weighted by Gasteiger charge is -2.32. The first-order valence-corrected chi connectivity index (χ1v) is 14.1. The first-order valence-electron chi connectivity index (χ1n) is 12.7. The van der Waals surface area contributed by atoms with Crippen molar-refractivity contribution in [3.63, 3.8) is 0 Å². The number of hydrogen-bond donors (Lipinski definition) is 2. The van der Waals surface area contributed by atoms with E-state index in [9.17, 15) is 13.2 Å². The van der Waals surface area contributed by atoms with Gasteiger partial charge >= 0.3 is 0 Å². The lowest BCUT2D eigenvalue weighted by Crippen LogP contribution is -3.15. The highest BCUT2D eigenvalue weighted by Crippen LogP contribution is 2.32. The number of rotatable bonds is 7. The molecule has 1 amide bonds. The van der Waals surface area contributed by atoms with Gasteiger partial charge in [-0.3, -0.25) is 4.79 Å². The molecule has 0 saturated carbocycles. The minimum atomic E-state index is -3.58. The molecule has 1 heterocycles. The predicted octanol–water partition coefficient (Wildman–Crippen LogP) is 3.69. The minimum absolute atomic E-state index is 0.0210. The maximum atomic E-state index is 13.5. The Bertz CT molecular complexity index is 1140. The number of nitrogens with zero attached hydrogens (tertiary/aromatic N) is 1. The Balaban J connectivity index is 1.70. The average molecular weight is 501 g/mol. The summed E-state index contributed by atoms with van der Waals surface area (Å²) in [6.45, 7) is 18.6. The molecule has 0 radical (unpaired) electrons. The van der Waals surface area contributed by atoms with Crippen molar-refractivity contribution in [1.29, 1.82) is 0 Å². The first-order chi connectivity index (χ1) is 16.3. The van der Waals surface area contributed by atoms with Crippen LogP contribution < -0.4 is 10.2 Å². The average Bonchev–Trinajstić information content (AvgIpc) is 2.78. The third-order valence-corrected chi connectivity index (χ3v) is 9.55.